The van der Waals surface area contributed by atoms with Crippen LogP contribution in [0, 0.1) is 11.7 Å². The molecule has 1 saturated heterocycles. The second-order valence-corrected chi connectivity index (χ2v) is 7.70. The molecule has 144 valence electrons. The fourth-order valence-corrected chi connectivity index (χ4v) is 3.70. The lowest BCUT2D eigenvalue weighted by Gasteiger charge is -2.30. The molecular weight excluding hydrogens is 377 g/mol. The topological polar surface area (TPSA) is 38.1 Å². The van der Waals surface area contributed by atoms with E-state index in [4.69, 9.17) is 11.6 Å². The van der Waals surface area contributed by atoms with Crippen molar-refractivity contribution >= 4 is 17.5 Å². The smallest absolute Gasteiger partial charge is 0.272 e. The molecule has 1 aliphatic heterocycles. The fraction of sp³-hybridized carbons (Fsp3) is 0.273. The van der Waals surface area contributed by atoms with Gasteiger partial charge in [0.05, 0.1) is 11.4 Å². The lowest BCUT2D eigenvalue weighted by atomic mass is 9.99. The molecule has 0 bridgehead atoms. The van der Waals surface area contributed by atoms with Crippen LogP contribution >= 0.6 is 11.6 Å². The summed E-state index contributed by atoms with van der Waals surface area (Å²) in [7, 11) is 0. The van der Waals surface area contributed by atoms with Gasteiger partial charge in [-0.3, -0.25) is 4.79 Å². The van der Waals surface area contributed by atoms with E-state index in [-0.39, 0.29) is 11.7 Å². The molecule has 1 amide bonds. The number of hydrogen-bond donors (Lipinski definition) is 0. The monoisotopic (exact) mass is 397 g/mol. The van der Waals surface area contributed by atoms with Gasteiger partial charge in [0, 0.05) is 23.7 Å². The first-order valence-corrected chi connectivity index (χ1v) is 9.81. The van der Waals surface area contributed by atoms with Crippen molar-refractivity contribution in [2.24, 2.45) is 5.92 Å². The normalized spacial score (nSPS) is 15.0. The summed E-state index contributed by atoms with van der Waals surface area (Å²) in [5.41, 5.74) is 1.87. The predicted octanol–water partition coefficient (Wildman–Crippen LogP) is 5.20. The summed E-state index contributed by atoms with van der Waals surface area (Å²) < 4.78 is 15.9. The number of hydrogen-bond acceptors (Lipinski definition) is 2. The summed E-state index contributed by atoms with van der Waals surface area (Å²) in [6.07, 6.45) is 1.97. The van der Waals surface area contributed by atoms with Crippen molar-refractivity contribution in [3.8, 4) is 16.9 Å². The number of rotatable bonds is 3. The molecule has 0 radical (unpaired) electrons. The first kappa shape index (κ1) is 18.7. The Morgan fingerprint density at radius 2 is 1.86 bits per heavy atom. The first-order valence-electron chi connectivity index (χ1n) is 9.43. The first-order chi connectivity index (χ1) is 13.5. The van der Waals surface area contributed by atoms with E-state index < -0.39 is 0 Å². The van der Waals surface area contributed by atoms with Crippen LogP contribution in [0.5, 0.6) is 0 Å². The lowest BCUT2D eigenvalue weighted by Crippen LogP contribution is -2.38. The molecule has 4 rings (SSSR count). The molecular formula is C22H21ClFN3O. The van der Waals surface area contributed by atoms with Crippen LogP contribution in [0.2, 0.25) is 5.02 Å². The van der Waals surface area contributed by atoms with Crippen molar-refractivity contribution in [1.82, 2.24) is 14.7 Å². The number of aromatic nitrogens is 2. The molecule has 0 unspecified atom stereocenters. The van der Waals surface area contributed by atoms with Gasteiger partial charge in [-0.1, -0.05) is 36.7 Å². The van der Waals surface area contributed by atoms with Gasteiger partial charge in [0.1, 0.15) is 11.5 Å². The molecule has 1 aromatic heterocycles. The summed E-state index contributed by atoms with van der Waals surface area (Å²) in [5.74, 6) is 0.155. The van der Waals surface area contributed by atoms with Crippen LogP contribution in [-0.4, -0.2) is 33.7 Å². The zero-order valence-electron chi connectivity index (χ0n) is 15.6. The zero-order chi connectivity index (χ0) is 19.7. The summed E-state index contributed by atoms with van der Waals surface area (Å²) in [6.45, 7) is 3.64. The van der Waals surface area contributed by atoms with Crippen LogP contribution in [0.15, 0.2) is 54.6 Å². The molecule has 3 aromatic rings. The number of halogens is 2. The van der Waals surface area contributed by atoms with Crippen molar-refractivity contribution in [1.29, 1.82) is 0 Å². The number of nitrogens with zero attached hydrogens (tertiary/aromatic N) is 3. The predicted molar refractivity (Wildman–Crippen MR) is 108 cm³/mol. The molecule has 0 atom stereocenters. The van der Waals surface area contributed by atoms with Gasteiger partial charge in [0.15, 0.2) is 0 Å². The Labute approximate surface area is 168 Å². The number of benzene rings is 2. The van der Waals surface area contributed by atoms with Crippen molar-refractivity contribution in [2.45, 2.75) is 19.8 Å². The Bertz CT molecular complexity index is 1010. The van der Waals surface area contributed by atoms with Crippen LogP contribution in [-0.2, 0) is 0 Å². The maximum absolute atomic E-state index is 14.3. The Morgan fingerprint density at radius 1 is 1.11 bits per heavy atom. The molecule has 1 aliphatic rings. The third kappa shape index (κ3) is 3.67. The van der Waals surface area contributed by atoms with Gasteiger partial charge in [0.25, 0.3) is 5.91 Å². The molecule has 0 saturated carbocycles. The van der Waals surface area contributed by atoms with Crippen molar-refractivity contribution in [3.63, 3.8) is 0 Å². The Hall–Kier alpha value is -2.66. The highest BCUT2D eigenvalue weighted by Crippen LogP contribution is 2.27. The average Bonchev–Trinajstić information content (AvgIpc) is 3.13. The molecule has 0 aliphatic carbocycles. The highest BCUT2D eigenvalue weighted by molar-refractivity contribution is 6.30. The number of carbonyl (C=O) groups is 1. The van der Waals surface area contributed by atoms with E-state index >= 15 is 0 Å². The number of piperidine rings is 1. The minimum atomic E-state index is -0.371. The lowest BCUT2D eigenvalue weighted by molar-refractivity contribution is 0.0688. The van der Waals surface area contributed by atoms with Crippen LogP contribution in [0.25, 0.3) is 16.9 Å². The van der Waals surface area contributed by atoms with Gasteiger partial charge < -0.3 is 4.90 Å². The number of amides is 1. The Kier molecular flexibility index (Phi) is 5.18. The second-order valence-electron chi connectivity index (χ2n) is 7.26. The van der Waals surface area contributed by atoms with Crippen molar-refractivity contribution in [2.75, 3.05) is 13.1 Å². The van der Waals surface area contributed by atoms with Gasteiger partial charge in [-0.15, -0.1) is 0 Å². The van der Waals surface area contributed by atoms with E-state index in [1.165, 1.54) is 6.07 Å². The third-order valence-corrected chi connectivity index (χ3v) is 5.44. The molecule has 4 nitrogen and oxygen atoms in total. The highest BCUT2D eigenvalue weighted by atomic mass is 35.5. The maximum Gasteiger partial charge on any atom is 0.272 e. The van der Waals surface area contributed by atoms with Crippen LogP contribution in [0.1, 0.15) is 30.3 Å². The van der Waals surface area contributed by atoms with E-state index in [0.29, 0.717) is 33.6 Å². The standard InChI is InChI=1S/C22H21ClFN3O/c1-15-9-11-26(12-10-15)22(28)21-14-20(18-7-2-3-8-19(18)24)25-27(21)17-6-4-5-16(23)13-17/h2-8,13-15H,9-12H2,1H3. The molecule has 2 heterocycles. The fourth-order valence-electron chi connectivity index (χ4n) is 3.51. The number of likely N-dealkylation sites (tertiary alicyclic amines) is 1. The minimum Gasteiger partial charge on any atom is -0.337 e. The van der Waals surface area contributed by atoms with Gasteiger partial charge in [0.2, 0.25) is 0 Å². The van der Waals surface area contributed by atoms with Crippen molar-refractivity contribution < 1.29 is 9.18 Å². The third-order valence-electron chi connectivity index (χ3n) is 5.20. The van der Waals surface area contributed by atoms with Crippen molar-refractivity contribution in [3.05, 3.63) is 71.1 Å². The van der Waals surface area contributed by atoms with E-state index in [2.05, 4.69) is 12.0 Å². The SMILES string of the molecule is CC1CCN(C(=O)c2cc(-c3ccccc3F)nn2-c2cccc(Cl)c2)CC1. The average molecular weight is 398 g/mol. The largest absolute Gasteiger partial charge is 0.337 e. The summed E-state index contributed by atoms with van der Waals surface area (Å²) in [6, 6.07) is 15.3. The van der Waals surface area contributed by atoms with Gasteiger partial charge in [-0.25, -0.2) is 9.07 Å². The highest BCUT2D eigenvalue weighted by Gasteiger charge is 2.26. The molecule has 0 N–H and O–H groups in total. The summed E-state index contributed by atoms with van der Waals surface area (Å²) >= 11 is 6.14. The van der Waals surface area contributed by atoms with Crippen LogP contribution in [0.4, 0.5) is 4.39 Å². The summed E-state index contributed by atoms with van der Waals surface area (Å²) in [5, 5.41) is 5.10. The molecule has 28 heavy (non-hydrogen) atoms. The molecule has 6 heteroatoms. The van der Waals surface area contributed by atoms with Crippen LogP contribution < -0.4 is 0 Å². The minimum absolute atomic E-state index is 0.0954. The Balaban J connectivity index is 1.79. The maximum atomic E-state index is 14.3. The van der Waals surface area contributed by atoms with Gasteiger partial charge in [-0.2, -0.15) is 5.10 Å². The zero-order valence-corrected chi connectivity index (χ0v) is 16.4. The quantitative estimate of drug-likeness (QED) is 0.609. The van der Waals surface area contributed by atoms with Crippen LogP contribution in [0.3, 0.4) is 0 Å². The Morgan fingerprint density at radius 3 is 2.57 bits per heavy atom. The molecule has 1 fully saturated rings. The van der Waals surface area contributed by atoms with E-state index in [0.717, 1.165) is 25.9 Å². The molecule has 2 aromatic carbocycles. The van der Waals surface area contributed by atoms with E-state index in [1.54, 1.807) is 47.1 Å². The number of carbonyl (C=O) groups excluding carboxylic acids is 1. The van der Waals surface area contributed by atoms with Gasteiger partial charge >= 0.3 is 0 Å². The van der Waals surface area contributed by atoms with E-state index in [9.17, 15) is 9.18 Å². The second kappa shape index (κ2) is 7.76. The van der Waals surface area contributed by atoms with Gasteiger partial charge in [-0.05, 0) is 55.2 Å². The molecule has 0 spiro atoms. The summed E-state index contributed by atoms with van der Waals surface area (Å²) in [4.78, 5) is 15.1. The van der Waals surface area contributed by atoms with E-state index in [1.807, 2.05) is 11.0 Å².